The molecule has 5 rings (SSSR count). The molecule has 7 heteroatoms. The third-order valence-electron chi connectivity index (χ3n) is 8.22. The first-order valence-electron chi connectivity index (χ1n) is 14.6. The minimum atomic E-state index is -0.859. The van der Waals surface area contributed by atoms with Crippen LogP contribution >= 0.6 is 0 Å². The predicted molar refractivity (Wildman–Crippen MR) is 161 cm³/mol. The number of carboxylic acid groups (broad SMARTS) is 1. The Labute approximate surface area is 248 Å². The highest BCUT2D eigenvalue weighted by atomic mass is 16.5. The third-order valence-corrected chi connectivity index (χ3v) is 8.22. The summed E-state index contributed by atoms with van der Waals surface area (Å²) in [7, 11) is 1.64. The number of nitrogens with zero attached hydrogens (tertiary/aromatic N) is 2. The van der Waals surface area contributed by atoms with Crippen LogP contribution in [0.5, 0.6) is 5.75 Å². The van der Waals surface area contributed by atoms with E-state index in [9.17, 15) is 9.59 Å². The van der Waals surface area contributed by atoms with Gasteiger partial charge < -0.3 is 19.5 Å². The van der Waals surface area contributed by atoms with E-state index in [1.807, 2.05) is 59.5 Å². The lowest BCUT2D eigenvalue weighted by Crippen LogP contribution is -2.68. The van der Waals surface area contributed by atoms with E-state index in [1.54, 1.807) is 7.11 Å². The summed E-state index contributed by atoms with van der Waals surface area (Å²) < 4.78 is 11.1. The summed E-state index contributed by atoms with van der Waals surface area (Å²) in [5, 5.41) is 9.05. The number of fused-ring (bicyclic) bond motifs is 1. The Kier molecular flexibility index (Phi) is 9.91. The number of amides is 1. The lowest BCUT2D eigenvalue weighted by molar-refractivity contribution is -0.139. The van der Waals surface area contributed by atoms with E-state index in [0.29, 0.717) is 19.6 Å². The number of carbonyl (C=O) groups excluding carboxylic acids is 1. The van der Waals surface area contributed by atoms with Crippen LogP contribution in [-0.4, -0.2) is 78.8 Å². The van der Waals surface area contributed by atoms with Crippen LogP contribution in [0, 0.1) is 11.8 Å². The fraction of sp³-hybridized carbons (Fsp3) is 0.371. The third kappa shape index (κ3) is 7.39. The fourth-order valence-electron chi connectivity index (χ4n) is 6.00. The largest absolute Gasteiger partial charge is 0.497 e. The number of aliphatic carboxylic acids is 1. The first-order chi connectivity index (χ1) is 20.5. The highest BCUT2D eigenvalue weighted by Crippen LogP contribution is 2.42. The lowest BCUT2D eigenvalue weighted by atomic mass is 9.74. The van der Waals surface area contributed by atoms with Gasteiger partial charge in [0.05, 0.1) is 33.2 Å². The molecule has 3 aromatic carbocycles. The molecule has 2 fully saturated rings. The van der Waals surface area contributed by atoms with Gasteiger partial charge in [-0.25, -0.2) is 0 Å². The van der Waals surface area contributed by atoms with Crippen molar-refractivity contribution in [3.63, 3.8) is 0 Å². The summed E-state index contributed by atoms with van der Waals surface area (Å²) in [6, 6.07) is 26.3. The molecule has 1 N–H and O–H groups in total. The van der Waals surface area contributed by atoms with Crippen molar-refractivity contribution in [1.29, 1.82) is 0 Å². The average Bonchev–Trinajstić information content (AvgIpc) is 2.99. The maximum absolute atomic E-state index is 13.5. The summed E-state index contributed by atoms with van der Waals surface area (Å²) in [5.41, 5.74) is 4.09. The molecule has 0 radical (unpaired) electrons. The Morgan fingerprint density at radius 1 is 0.905 bits per heavy atom. The molecule has 0 saturated carbocycles. The van der Waals surface area contributed by atoms with Gasteiger partial charge in [0.25, 0.3) is 0 Å². The van der Waals surface area contributed by atoms with E-state index in [1.165, 1.54) is 5.56 Å². The van der Waals surface area contributed by atoms with E-state index in [2.05, 4.69) is 41.0 Å². The number of carbonyl (C=O) groups is 2. The standard InChI is InChI=1S/C35H38N2O5/c1-41-30-17-13-28(14-18-30)23-33(38)36-20-5-6-21-37-31(24-36)35(32(37)25-42-22-19-34(39)40)29-15-11-27(12-16-29)10-9-26-7-3-2-4-8-26/h2-4,7-8,11-18,31-32,35H,5-6,19-25H2,1H3,(H,39,40)/t31-,32-,35+/m0/s1. The molecule has 3 aromatic rings. The molecule has 0 unspecified atom stereocenters. The number of hydrogen-bond donors (Lipinski definition) is 1. The van der Waals surface area contributed by atoms with E-state index < -0.39 is 5.97 Å². The monoisotopic (exact) mass is 566 g/mol. The van der Waals surface area contributed by atoms with Crippen molar-refractivity contribution in [3.8, 4) is 17.6 Å². The molecular formula is C35H38N2O5. The van der Waals surface area contributed by atoms with Gasteiger partial charge in [0, 0.05) is 42.2 Å². The molecule has 42 heavy (non-hydrogen) atoms. The van der Waals surface area contributed by atoms with Crippen molar-refractivity contribution in [2.24, 2.45) is 0 Å². The molecule has 0 aliphatic carbocycles. The molecule has 1 amide bonds. The normalized spacial score (nSPS) is 20.2. The molecule has 2 aliphatic heterocycles. The van der Waals surface area contributed by atoms with Gasteiger partial charge in [-0.2, -0.15) is 0 Å². The zero-order valence-corrected chi connectivity index (χ0v) is 24.1. The Morgan fingerprint density at radius 2 is 1.60 bits per heavy atom. The van der Waals surface area contributed by atoms with Gasteiger partial charge in [-0.05, 0) is 66.9 Å². The zero-order valence-electron chi connectivity index (χ0n) is 24.1. The van der Waals surface area contributed by atoms with Crippen LogP contribution in [0.4, 0.5) is 0 Å². The number of ether oxygens (including phenoxy) is 2. The Hall–Kier alpha value is -4.12. The van der Waals surface area contributed by atoms with Gasteiger partial charge in [-0.3, -0.25) is 14.5 Å². The van der Waals surface area contributed by atoms with Crippen molar-refractivity contribution in [2.75, 3.05) is 40.0 Å². The second-order valence-electron chi connectivity index (χ2n) is 10.9. The molecule has 218 valence electrons. The number of carboxylic acids is 1. The van der Waals surface area contributed by atoms with Crippen LogP contribution < -0.4 is 4.74 Å². The molecule has 0 spiro atoms. The minimum absolute atomic E-state index is 0.0107. The summed E-state index contributed by atoms with van der Waals surface area (Å²) in [4.78, 5) is 29.0. The van der Waals surface area contributed by atoms with Crippen molar-refractivity contribution in [2.45, 2.75) is 43.7 Å². The second-order valence-corrected chi connectivity index (χ2v) is 10.9. The fourth-order valence-corrected chi connectivity index (χ4v) is 6.00. The Morgan fingerprint density at radius 3 is 2.29 bits per heavy atom. The zero-order chi connectivity index (χ0) is 29.3. The number of rotatable bonds is 9. The smallest absolute Gasteiger partial charge is 0.305 e. The minimum Gasteiger partial charge on any atom is -0.497 e. The average molecular weight is 567 g/mol. The van der Waals surface area contributed by atoms with Gasteiger partial charge in [-0.15, -0.1) is 0 Å². The molecular weight excluding hydrogens is 528 g/mol. The summed E-state index contributed by atoms with van der Waals surface area (Å²) in [5.74, 6) is 6.69. The summed E-state index contributed by atoms with van der Waals surface area (Å²) >= 11 is 0. The SMILES string of the molecule is COc1ccc(CC(=O)N2CCCCN3[C@@H](COCCC(=O)O)[C@H](c4ccc(C#Cc5ccccc5)cc4)[C@@H]3C2)cc1. The molecule has 2 heterocycles. The highest BCUT2D eigenvalue weighted by Gasteiger charge is 2.49. The highest BCUT2D eigenvalue weighted by molar-refractivity contribution is 5.79. The maximum Gasteiger partial charge on any atom is 0.305 e. The van der Waals surface area contributed by atoms with E-state index in [-0.39, 0.29) is 36.9 Å². The predicted octanol–water partition coefficient (Wildman–Crippen LogP) is 4.59. The topological polar surface area (TPSA) is 79.3 Å². The van der Waals surface area contributed by atoms with Gasteiger partial charge in [0.2, 0.25) is 5.91 Å². The molecule has 0 bridgehead atoms. The molecule has 2 aliphatic rings. The van der Waals surface area contributed by atoms with Crippen molar-refractivity contribution < 1.29 is 24.2 Å². The summed E-state index contributed by atoms with van der Waals surface area (Å²) in [6.45, 7) is 3.00. The van der Waals surface area contributed by atoms with Crippen molar-refractivity contribution >= 4 is 11.9 Å². The van der Waals surface area contributed by atoms with Gasteiger partial charge >= 0.3 is 5.97 Å². The Bertz CT molecular complexity index is 1400. The van der Waals surface area contributed by atoms with Crippen LogP contribution in [0.3, 0.4) is 0 Å². The van der Waals surface area contributed by atoms with E-state index in [4.69, 9.17) is 14.6 Å². The quantitative estimate of drug-likeness (QED) is 0.302. The number of methoxy groups -OCH3 is 1. The number of hydrogen-bond acceptors (Lipinski definition) is 5. The molecule has 7 nitrogen and oxygen atoms in total. The van der Waals surface area contributed by atoms with Crippen molar-refractivity contribution in [1.82, 2.24) is 9.80 Å². The van der Waals surface area contributed by atoms with Gasteiger partial charge in [0.1, 0.15) is 5.75 Å². The first-order valence-corrected chi connectivity index (χ1v) is 14.6. The van der Waals surface area contributed by atoms with Gasteiger partial charge in [0.15, 0.2) is 0 Å². The number of benzene rings is 3. The van der Waals surface area contributed by atoms with E-state index in [0.717, 1.165) is 48.4 Å². The first kappa shape index (κ1) is 29.4. The van der Waals surface area contributed by atoms with E-state index >= 15 is 0 Å². The second kappa shape index (κ2) is 14.2. The summed E-state index contributed by atoms with van der Waals surface area (Å²) in [6.07, 6.45) is 2.29. The van der Waals surface area contributed by atoms with Crippen LogP contribution in [0.15, 0.2) is 78.9 Å². The van der Waals surface area contributed by atoms with Gasteiger partial charge in [-0.1, -0.05) is 54.3 Å². The van der Waals surface area contributed by atoms with Crippen LogP contribution in [0.25, 0.3) is 0 Å². The van der Waals surface area contributed by atoms with Crippen LogP contribution in [0.2, 0.25) is 0 Å². The lowest BCUT2D eigenvalue weighted by Gasteiger charge is -2.57. The van der Waals surface area contributed by atoms with Crippen LogP contribution in [0.1, 0.15) is 47.4 Å². The molecule has 3 atom stereocenters. The Balaban J connectivity index is 1.32. The maximum atomic E-state index is 13.5. The molecule has 0 aromatic heterocycles. The van der Waals surface area contributed by atoms with Crippen LogP contribution in [-0.2, 0) is 20.7 Å². The van der Waals surface area contributed by atoms with Crippen molar-refractivity contribution in [3.05, 3.63) is 101 Å². The molecule has 2 saturated heterocycles.